The second-order valence-electron chi connectivity index (χ2n) is 6.44. The lowest BCUT2D eigenvalue weighted by atomic mass is 9.80. The summed E-state index contributed by atoms with van der Waals surface area (Å²) in [7, 11) is -2.20. The summed E-state index contributed by atoms with van der Waals surface area (Å²) in [6.45, 7) is 2.26. The molecule has 0 aromatic heterocycles. The van der Waals surface area contributed by atoms with Gasteiger partial charge in [0.1, 0.15) is 0 Å². The third-order valence-electron chi connectivity index (χ3n) is 4.39. The molecule has 5 nitrogen and oxygen atoms in total. The van der Waals surface area contributed by atoms with Crippen molar-refractivity contribution in [3.63, 3.8) is 0 Å². The van der Waals surface area contributed by atoms with Crippen LogP contribution in [-0.4, -0.2) is 47.9 Å². The van der Waals surface area contributed by atoms with Crippen molar-refractivity contribution in [2.75, 3.05) is 33.4 Å². The summed E-state index contributed by atoms with van der Waals surface area (Å²) >= 11 is 0. The largest absolute Gasteiger partial charge is 0.393 e. The zero-order valence-electron chi connectivity index (χ0n) is 14.4. The minimum atomic E-state index is -4.32. The zero-order valence-corrected chi connectivity index (χ0v) is 16.1. The van der Waals surface area contributed by atoms with Crippen molar-refractivity contribution in [3.05, 3.63) is 29.8 Å². The van der Waals surface area contributed by atoms with Crippen LogP contribution in [0.1, 0.15) is 18.4 Å². The van der Waals surface area contributed by atoms with Crippen LogP contribution in [0.2, 0.25) is 0 Å². The Morgan fingerprint density at radius 1 is 1.19 bits per heavy atom. The molecule has 150 valence electrons. The zero-order chi connectivity index (χ0) is 18.6. The molecule has 0 aliphatic carbocycles. The molecule has 26 heavy (non-hydrogen) atoms. The van der Waals surface area contributed by atoms with Crippen LogP contribution in [-0.2, 0) is 21.2 Å². The highest BCUT2D eigenvalue weighted by Gasteiger charge is 2.33. The van der Waals surface area contributed by atoms with Crippen LogP contribution in [0, 0.1) is 5.41 Å². The van der Waals surface area contributed by atoms with Crippen molar-refractivity contribution in [1.82, 2.24) is 10.0 Å². The standard InChI is InChI=1S/C16H23F3N2O3S.ClH/c1-24-12-15(6-8-20-9-7-15)11-21-25(22,23)14-4-2-13(3-5-14)10-16(17,18)19;/h2-5,20-21H,6-12H2,1H3;1H. The fourth-order valence-electron chi connectivity index (χ4n) is 2.98. The number of benzene rings is 1. The second-order valence-corrected chi connectivity index (χ2v) is 8.21. The van der Waals surface area contributed by atoms with Gasteiger partial charge in [-0.2, -0.15) is 13.2 Å². The Hall–Kier alpha value is -0.870. The third kappa shape index (κ3) is 6.70. The van der Waals surface area contributed by atoms with Gasteiger partial charge in [-0.25, -0.2) is 13.1 Å². The molecule has 0 bridgehead atoms. The molecule has 1 aromatic carbocycles. The molecule has 1 heterocycles. The summed E-state index contributed by atoms with van der Waals surface area (Å²) in [5.74, 6) is 0. The summed E-state index contributed by atoms with van der Waals surface area (Å²) in [4.78, 5) is -0.0417. The first-order valence-electron chi connectivity index (χ1n) is 8.01. The summed E-state index contributed by atoms with van der Waals surface area (Å²) in [6.07, 6.45) is -3.83. The van der Waals surface area contributed by atoms with Crippen molar-refractivity contribution in [2.24, 2.45) is 5.41 Å². The van der Waals surface area contributed by atoms with Crippen LogP contribution in [0.5, 0.6) is 0 Å². The molecule has 0 radical (unpaired) electrons. The average molecular weight is 417 g/mol. The van der Waals surface area contributed by atoms with E-state index in [1.807, 2.05) is 0 Å². The number of ether oxygens (including phenoxy) is 1. The molecule has 1 aromatic rings. The first-order chi connectivity index (χ1) is 11.7. The second kappa shape index (κ2) is 9.36. The number of hydrogen-bond donors (Lipinski definition) is 2. The van der Waals surface area contributed by atoms with Crippen molar-refractivity contribution in [2.45, 2.75) is 30.3 Å². The lowest BCUT2D eigenvalue weighted by Crippen LogP contribution is -2.47. The number of hydrogen-bond acceptors (Lipinski definition) is 4. The average Bonchev–Trinajstić information content (AvgIpc) is 2.53. The molecule has 2 N–H and O–H groups in total. The smallest absolute Gasteiger partial charge is 0.384 e. The number of nitrogens with one attached hydrogen (secondary N) is 2. The lowest BCUT2D eigenvalue weighted by molar-refractivity contribution is -0.127. The van der Waals surface area contributed by atoms with E-state index in [1.54, 1.807) is 7.11 Å². The fourth-order valence-corrected chi connectivity index (χ4v) is 4.14. The Kier molecular flexibility index (Phi) is 8.34. The molecule has 0 spiro atoms. The van der Waals surface area contributed by atoms with Crippen LogP contribution in [0.4, 0.5) is 13.2 Å². The summed E-state index contributed by atoms with van der Waals surface area (Å²) in [6, 6.07) is 4.79. The van der Waals surface area contributed by atoms with E-state index >= 15 is 0 Å². The highest BCUT2D eigenvalue weighted by molar-refractivity contribution is 7.89. The van der Waals surface area contributed by atoms with Crippen LogP contribution in [0.25, 0.3) is 0 Å². The van der Waals surface area contributed by atoms with Gasteiger partial charge in [-0.1, -0.05) is 12.1 Å². The molecule has 1 aliphatic rings. The molecule has 2 rings (SSSR count). The van der Waals surface area contributed by atoms with E-state index < -0.39 is 22.6 Å². The summed E-state index contributed by atoms with van der Waals surface area (Å²) in [5, 5.41) is 3.23. The van der Waals surface area contributed by atoms with E-state index in [0.717, 1.165) is 25.9 Å². The number of sulfonamides is 1. The summed E-state index contributed by atoms with van der Waals surface area (Å²) in [5.41, 5.74) is -0.246. The molecule has 1 fully saturated rings. The van der Waals surface area contributed by atoms with E-state index in [4.69, 9.17) is 4.74 Å². The molecule has 10 heteroatoms. The molecular weight excluding hydrogens is 393 g/mol. The van der Waals surface area contributed by atoms with Crippen LogP contribution in [0.15, 0.2) is 29.2 Å². The van der Waals surface area contributed by atoms with Crippen molar-refractivity contribution in [1.29, 1.82) is 0 Å². The Morgan fingerprint density at radius 2 is 1.77 bits per heavy atom. The number of methoxy groups -OCH3 is 1. The number of piperidine rings is 1. The molecule has 1 saturated heterocycles. The van der Waals surface area contributed by atoms with Gasteiger partial charge in [0.15, 0.2) is 0 Å². The fraction of sp³-hybridized carbons (Fsp3) is 0.625. The van der Waals surface area contributed by atoms with Gasteiger partial charge in [-0.05, 0) is 43.6 Å². The maximum Gasteiger partial charge on any atom is 0.393 e. The van der Waals surface area contributed by atoms with Gasteiger partial charge in [-0.15, -0.1) is 12.4 Å². The Labute approximate surface area is 158 Å². The molecule has 1 aliphatic heterocycles. The first kappa shape index (κ1) is 23.2. The monoisotopic (exact) mass is 416 g/mol. The molecule has 0 amide bonds. The van der Waals surface area contributed by atoms with Gasteiger partial charge in [0.05, 0.1) is 17.9 Å². The first-order valence-corrected chi connectivity index (χ1v) is 9.49. The van der Waals surface area contributed by atoms with E-state index in [2.05, 4.69) is 10.0 Å². The Morgan fingerprint density at radius 3 is 2.27 bits per heavy atom. The highest BCUT2D eigenvalue weighted by atomic mass is 35.5. The quantitative estimate of drug-likeness (QED) is 0.716. The number of halogens is 4. The van der Waals surface area contributed by atoms with Gasteiger partial charge >= 0.3 is 6.18 Å². The minimum Gasteiger partial charge on any atom is -0.384 e. The predicted octanol–water partition coefficient (Wildman–Crippen LogP) is 2.51. The van der Waals surface area contributed by atoms with Gasteiger partial charge < -0.3 is 10.1 Å². The van der Waals surface area contributed by atoms with E-state index in [1.165, 1.54) is 24.3 Å². The topological polar surface area (TPSA) is 67.4 Å². The van der Waals surface area contributed by atoms with Gasteiger partial charge in [0.2, 0.25) is 10.0 Å². The van der Waals surface area contributed by atoms with Crippen molar-refractivity contribution >= 4 is 22.4 Å². The Balaban J connectivity index is 0.00000338. The van der Waals surface area contributed by atoms with Crippen LogP contribution >= 0.6 is 12.4 Å². The van der Waals surface area contributed by atoms with Crippen LogP contribution < -0.4 is 10.0 Å². The molecule has 0 saturated carbocycles. The Bertz CT molecular complexity index is 655. The highest BCUT2D eigenvalue weighted by Crippen LogP contribution is 2.29. The number of rotatable bonds is 7. The predicted molar refractivity (Wildman–Crippen MR) is 95.1 cm³/mol. The molecule has 0 atom stereocenters. The molecule has 0 unspecified atom stereocenters. The summed E-state index contributed by atoms with van der Waals surface area (Å²) < 4.78 is 69.8. The van der Waals surface area contributed by atoms with Gasteiger partial charge in [0, 0.05) is 19.1 Å². The van der Waals surface area contributed by atoms with Crippen molar-refractivity contribution in [3.8, 4) is 0 Å². The third-order valence-corrected chi connectivity index (χ3v) is 5.81. The SMILES string of the molecule is COCC1(CNS(=O)(=O)c2ccc(CC(F)(F)F)cc2)CCNCC1.Cl. The van der Waals surface area contributed by atoms with Crippen LogP contribution in [0.3, 0.4) is 0 Å². The normalized spacial score (nSPS) is 17.5. The lowest BCUT2D eigenvalue weighted by Gasteiger charge is -2.37. The molecular formula is C16H24ClF3N2O3S. The van der Waals surface area contributed by atoms with Crippen molar-refractivity contribution < 1.29 is 26.3 Å². The minimum absolute atomic E-state index is 0. The maximum absolute atomic E-state index is 12.4. The maximum atomic E-state index is 12.4. The van der Waals surface area contributed by atoms with E-state index in [-0.39, 0.29) is 34.8 Å². The van der Waals surface area contributed by atoms with Gasteiger partial charge in [-0.3, -0.25) is 0 Å². The van der Waals surface area contributed by atoms with Gasteiger partial charge in [0.25, 0.3) is 0 Å². The number of alkyl halides is 3. The van der Waals surface area contributed by atoms with E-state index in [9.17, 15) is 21.6 Å². The van der Waals surface area contributed by atoms with E-state index in [0.29, 0.717) is 6.61 Å².